The molecule has 0 unspecified atom stereocenters. The summed E-state index contributed by atoms with van der Waals surface area (Å²) in [6.07, 6.45) is 6.78. The van der Waals surface area contributed by atoms with E-state index in [1.165, 1.54) is 69.0 Å². The number of fused-ring (bicyclic) bond motifs is 5. The van der Waals surface area contributed by atoms with Crippen molar-refractivity contribution >= 4 is 31.5 Å². The molecule has 6 aromatic carbocycles. The van der Waals surface area contributed by atoms with Gasteiger partial charge in [-0.1, -0.05) is 103 Å². The van der Waals surface area contributed by atoms with Crippen molar-refractivity contribution in [3.8, 4) is 56.8 Å². The lowest BCUT2D eigenvalue weighted by Gasteiger charge is -2.63. The Kier molecular flexibility index (Phi) is 6.65. The van der Waals surface area contributed by atoms with Crippen molar-refractivity contribution in [3.05, 3.63) is 151 Å². The Labute approximate surface area is 318 Å². The van der Waals surface area contributed by atoms with Crippen molar-refractivity contribution in [1.29, 1.82) is 0 Å². The van der Waals surface area contributed by atoms with E-state index in [-0.39, 0.29) is 5.41 Å². The number of hydrogen-bond acceptors (Lipinski definition) is 5. The molecule has 0 atom stereocenters. The molecule has 5 aliphatic rings. The lowest BCUT2D eigenvalue weighted by Crippen LogP contribution is -2.56. The van der Waals surface area contributed by atoms with Crippen LogP contribution in [0.15, 0.2) is 140 Å². The molecular weight excluding hydrogens is 679 g/mol. The van der Waals surface area contributed by atoms with Gasteiger partial charge in [-0.05, 0) is 103 Å². The van der Waals surface area contributed by atoms with E-state index in [4.69, 9.17) is 19.7 Å². The average molecular weight is 716 g/mol. The smallest absolute Gasteiger partial charge is 0.164 e. The van der Waals surface area contributed by atoms with Crippen LogP contribution in [0.25, 0.3) is 65.5 Å². The van der Waals surface area contributed by atoms with Gasteiger partial charge in [0.1, 0.15) is 11.5 Å². The first-order chi connectivity index (χ1) is 26.7. The van der Waals surface area contributed by atoms with Crippen molar-refractivity contribution in [3.63, 3.8) is 0 Å². The minimum atomic E-state index is 0.00836. The van der Waals surface area contributed by atoms with Crippen LogP contribution in [0.1, 0.15) is 43.2 Å². The van der Waals surface area contributed by atoms with Crippen LogP contribution >= 0.6 is 11.3 Å². The first kappa shape index (κ1) is 30.8. The SMILES string of the molecule is c1ccc(-c2nc(-c3cccc(-c4ccc5c(c4)C4(c6ccccc6O5)C5CC6CC(C5)CC4C6)c3)nc(-c3ccc4c(c3)sc3ccccc34)n2)cc1. The summed E-state index contributed by atoms with van der Waals surface area (Å²) in [5.41, 5.74) is 8.11. The van der Waals surface area contributed by atoms with Crippen molar-refractivity contribution in [2.24, 2.45) is 23.7 Å². The zero-order valence-electron chi connectivity index (χ0n) is 29.8. The molecule has 5 heteroatoms. The fourth-order valence-electron chi connectivity index (χ4n) is 11.1. The average Bonchev–Trinajstić information content (AvgIpc) is 3.60. The van der Waals surface area contributed by atoms with E-state index in [2.05, 4.69) is 121 Å². The number of thiophene rings is 1. The third-order valence-corrected chi connectivity index (χ3v) is 14.3. The quantitative estimate of drug-likeness (QED) is 0.182. The van der Waals surface area contributed by atoms with Gasteiger partial charge in [-0.25, -0.2) is 15.0 Å². The zero-order valence-corrected chi connectivity index (χ0v) is 30.6. The third-order valence-electron chi connectivity index (χ3n) is 13.2. The third kappa shape index (κ3) is 4.57. The molecule has 54 heavy (non-hydrogen) atoms. The van der Waals surface area contributed by atoms with Crippen LogP contribution in [-0.2, 0) is 5.41 Å². The summed E-state index contributed by atoms with van der Waals surface area (Å²) in [7, 11) is 0. The minimum Gasteiger partial charge on any atom is -0.457 e. The zero-order chi connectivity index (χ0) is 35.4. The first-order valence-electron chi connectivity index (χ1n) is 19.4. The topological polar surface area (TPSA) is 47.9 Å². The van der Waals surface area contributed by atoms with Crippen LogP contribution in [0.3, 0.4) is 0 Å². The van der Waals surface area contributed by atoms with Crippen molar-refractivity contribution in [1.82, 2.24) is 15.0 Å². The van der Waals surface area contributed by atoms with Gasteiger partial charge in [-0.2, -0.15) is 0 Å². The minimum absolute atomic E-state index is 0.00836. The molecule has 4 saturated carbocycles. The van der Waals surface area contributed by atoms with Gasteiger partial charge in [0, 0.05) is 53.4 Å². The largest absolute Gasteiger partial charge is 0.457 e. The molecule has 1 aliphatic heterocycles. The maximum Gasteiger partial charge on any atom is 0.164 e. The molecule has 4 bridgehead atoms. The Morgan fingerprint density at radius 3 is 1.85 bits per heavy atom. The van der Waals surface area contributed by atoms with Crippen LogP contribution in [0.2, 0.25) is 0 Å². The predicted octanol–water partition coefficient (Wildman–Crippen LogP) is 12.8. The Balaban J connectivity index is 0.983. The highest BCUT2D eigenvalue weighted by Gasteiger charge is 2.61. The van der Waals surface area contributed by atoms with E-state index in [0.29, 0.717) is 29.3 Å². The number of rotatable bonds is 4. The fraction of sp³-hybridized carbons (Fsp3) is 0.204. The van der Waals surface area contributed by atoms with Gasteiger partial charge in [0.25, 0.3) is 0 Å². The summed E-state index contributed by atoms with van der Waals surface area (Å²) < 4.78 is 9.24. The Hall–Kier alpha value is -5.65. The second kappa shape index (κ2) is 11.7. The van der Waals surface area contributed by atoms with E-state index in [1.807, 2.05) is 29.5 Å². The van der Waals surface area contributed by atoms with Gasteiger partial charge in [0.15, 0.2) is 17.5 Å². The Bertz CT molecular complexity index is 2760. The predicted molar refractivity (Wildman–Crippen MR) is 219 cm³/mol. The van der Waals surface area contributed by atoms with Crippen molar-refractivity contribution in [2.45, 2.75) is 37.5 Å². The summed E-state index contributed by atoms with van der Waals surface area (Å²) in [6.45, 7) is 0. The van der Waals surface area contributed by atoms with Gasteiger partial charge in [0.2, 0.25) is 0 Å². The molecule has 0 radical (unpaired) electrons. The second-order valence-electron chi connectivity index (χ2n) is 16.0. The van der Waals surface area contributed by atoms with Crippen molar-refractivity contribution < 1.29 is 4.74 Å². The molecule has 3 heterocycles. The van der Waals surface area contributed by atoms with Crippen LogP contribution in [0.5, 0.6) is 11.5 Å². The highest BCUT2D eigenvalue weighted by molar-refractivity contribution is 7.25. The second-order valence-corrected chi connectivity index (χ2v) is 17.1. The molecule has 4 fully saturated rings. The normalized spacial score (nSPS) is 23.4. The molecule has 2 aromatic heterocycles. The number of hydrogen-bond donors (Lipinski definition) is 0. The molecule has 0 saturated heterocycles. The van der Waals surface area contributed by atoms with E-state index >= 15 is 0 Å². The summed E-state index contributed by atoms with van der Waals surface area (Å²) >= 11 is 1.81. The van der Waals surface area contributed by atoms with Gasteiger partial charge in [0.05, 0.1) is 0 Å². The lowest BCUT2D eigenvalue weighted by atomic mass is 9.41. The number of benzene rings is 6. The van der Waals surface area contributed by atoms with Gasteiger partial charge < -0.3 is 4.74 Å². The standard InChI is InChI=1S/C49H37N3OS/c1-2-9-31(10-3-1)46-50-47(52-48(51-46)35-17-19-39-38-13-4-7-16-44(38)54-45(39)28-35)34-12-8-11-32(26-34)33-18-20-43-41(27-33)49(40-14-5-6-15-42(40)53-43)36-22-29-21-30(24-36)25-37(49)23-29/h1-20,26-30,36-37H,21-25H2. The maximum absolute atomic E-state index is 6.72. The van der Waals surface area contributed by atoms with E-state index in [9.17, 15) is 0 Å². The molecule has 0 amide bonds. The van der Waals surface area contributed by atoms with Gasteiger partial charge in [-0.15, -0.1) is 11.3 Å². The molecule has 13 rings (SSSR count). The molecule has 4 nitrogen and oxygen atoms in total. The number of ether oxygens (including phenoxy) is 1. The highest BCUT2D eigenvalue weighted by atomic mass is 32.1. The molecule has 4 aliphatic carbocycles. The molecule has 8 aromatic rings. The molecular formula is C49H37N3OS. The van der Waals surface area contributed by atoms with Crippen molar-refractivity contribution in [2.75, 3.05) is 0 Å². The summed E-state index contributed by atoms with van der Waals surface area (Å²) in [4.78, 5) is 15.3. The summed E-state index contributed by atoms with van der Waals surface area (Å²) in [5, 5.41) is 2.55. The first-order valence-corrected chi connectivity index (χ1v) is 20.2. The highest BCUT2D eigenvalue weighted by Crippen LogP contribution is 2.69. The Morgan fingerprint density at radius 2 is 1.04 bits per heavy atom. The van der Waals surface area contributed by atoms with Crippen LogP contribution < -0.4 is 4.74 Å². The maximum atomic E-state index is 6.72. The summed E-state index contributed by atoms with van der Waals surface area (Å²) in [6, 6.07) is 50.1. The molecule has 260 valence electrons. The lowest BCUT2D eigenvalue weighted by molar-refractivity contribution is -0.0452. The van der Waals surface area contributed by atoms with Gasteiger partial charge in [-0.3, -0.25) is 0 Å². The number of aromatic nitrogens is 3. The molecule has 0 N–H and O–H groups in total. The van der Waals surface area contributed by atoms with Crippen LogP contribution in [0, 0.1) is 23.7 Å². The Morgan fingerprint density at radius 1 is 0.444 bits per heavy atom. The molecule has 1 spiro atoms. The van der Waals surface area contributed by atoms with E-state index < -0.39 is 0 Å². The van der Waals surface area contributed by atoms with Gasteiger partial charge >= 0.3 is 0 Å². The van der Waals surface area contributed by atoms with Crippen LogP contribution in [-0.4, -0.2) is 15.0 Å². The monoisotopic (exact) mass is 715 g/mol. The van der Waals surface area contributed by atoms with E-state index in [1.54, 1.807) is 0 Å². The van der Waals surface area contributed by atoms with E-state index in [0.717, 1.165) is 45.6 Å². The number of para-hydroxylation sites is 1. The number of nitrogens with zero attached hydrogens (tertiary/aromatic N) is 3. The summed E-state index contributed by atoms with van der Waals surface area (Å²) in [5.74, 6) is 7.19. The fourth-order valence-corrected chi connectivity index (χ4v) is 12.3. The van der Waals surface area contributed by atoms with Crippen LogP contribution in [0.4, 0.5) is 0 Å².